The highest BCUT2D eigenvalue weighted by molar-refractivity contribution is 5.78. The molecule has 0 bridgehead atoms. The number of aromatic nitrogens is 2. The van der Waals surface area contributed by atoms with E-state index < -0.39 is 0 Å². The maximum absolute atomic E-state index is 11.7. The minimum Gasteiger partial charge on any atom is -0.508 e. The normalized spacial score (nSPS) is 10.4. The number of aryl methyl sites for hydroxylation is 1. The van der Waals surface area contributed by atoms with Crippen LogP contribution in [0.3, 0.4) is 0 Å². The lowest BCUT2D eigenvalue weighted by Crippen LogP contribution is -2.26. The summed E-state index contributed by atoms with van der Waals surface area (Å²) >= 11 is 0. The molecule has 0 aliphatic heterocycles. The summed E-state index contributed by atoms with van der Waals surface area (Å²) in [6.07, 6.45) is 7.72. The van der Waals surface area contributed by atoms with E-state index in [1.807, 2.05) is 16.8 Å². The number of benzene rings is 1. The fourth-order valence-electron chi connectivity index (χ4n) is 1.98. The summed E-state index contributed by atoms with van der Waals surface area (Å²) in [5, 5.41) is 12.2. The number of carbonyl (C=O) groups is 1. The predicted molar refractivity (Wildman–Crippen MR) is 76.3 cm³/mol. The van der Waals surface area contributed by atoms with Gasteiger partial charge in [-0.3, -0.25) is 4.79 Å². The van der Waals surface area contributed by atoms with Crippen LogP contribution in [-0.2, 0) is 17.8 Å². The second kappa shape index (κ2) is 7.33. The summed E-state index contributed by atoms with van der Waals surface area (Å²) in [6.45, 7) is 1.59. The smallest absolute Gasteiger partial charge is 0.224 e. The van der Waals surface area contributed by atoms with Gasteiger partial charge >= 0.3 is 0 Å². The van der Waals surface area contributed by atoms with Gasteiger partial charge in [0.1, 0.15) is 5.75 Å². The van der Waals surface area contributed by atoms with Crippen molar-refractivity contribution in [2.45, 2.75) is 25.8 Å². The number of unbranched alkanes of at least 4 members (excludes halogenated alkanes) is 1. The maximum atomic E-state index is 11.7. The van der Waals surface area contributed by atoms with Crippen molar-refractivity contribution < 1.29 is 9.90 Å². The monoisotopic (exact) mass is 273 g/mol. The Morgan fingerprint density at radius 1 is 1.35 bits per heavy atom. The molecule has 0 saturated heterocycles. The molecule has 5 heteroatoms. The van der Waals surface area contributed by atoms with Crippen molar-refractivity contribution in [2.75, 3.05) is 6.54 Å². The van der Waals surface area contributed by atoms with Gasteiger partial charge in [0, 0.05) is 25.5 Å². The van der Waals surface area contributed by atoms with E-state index >= 15 is 0 Å². The van der Waals surface area contributed by atoms with E-state index in [0.717, 1.165) is 24.9 Å². The first-order valence-electron chi connectivity index (χ1n) is 6.74. The van der Waals surface area contributed by atoms with Crippen LogP contribution in [-0.4, -0.2) is 27.1 Å². The van der Waals surface area contributed by atoms with Crippen molar-refractivity contribution in [1.29, 1.82) is 0 Å². The number of carbonyl (C=O) groups excluding carboxylic acids is 1. The Hall–Kier alpha value is -2.30. The van der Waals surface area contributed by atoms with Crippen LogP contribution < -0.4 is 5.32 Å². The van der Waals surface area contributed by atoms with Gasteiger partial charge in [-0.2, -0.15) is 0 Å². The van der Waals surface area contributed by atoms with Crippen molar-refractivity contribution in [3.63, 3.8) is 0 Å². The zero-order chi connectivity index (χ0) is 14.2. The lowest BCUT2D eigenvalue weighted by atomic mass is 10.1. The molecule has 5 nitrogen and oxygen atoms in total. The third-order valence-electron chi connectivity index (χ3n) is 3.00. The number of phenols is 1. The summed E-state index contributed by atoms with van der Waals surface area (Å²) in [5.41, 5.74) is 0.820. The van der Waals surface area contributed by atoms with E-state index in [4.69, 9.17) is 0 Å². The molecule has 0 unspecified atom stereocenters. The topological polar surface area (TPSA) is 67.2 Å². The van der Waals surface area contributed by atoms with E-state index in [1.54, 1.807) is 30.7 Å². The van der Waals surface area contributed by atoms with E-state index in [9.17, 15) is 9.90 Å². The third-order valence-corrected chi connectivity index (χ3v) is 3.00. The standard InChI is InChI=1S/C15H19N3O2/c19-14-5-3-4-13(10-14)11-15(20)17-6-1-2-8-18-9-7-16-12-18/h3-5,7,9-10,12,19H,1-2,6,8,11H2,(H,17,20). The number of aromatic hydroxyl groups is 1. The van der Waals surface area contributed by atoms with E-state index in [0.29, 0.717) is 13.0 Å². The Bertz CT molecular complexity index is 538. The van der Waals surface area contributed by atoms with Crippen LogP contribution in [0.2, 0.25) is 0 Å². The second-order valence-electron chi connectivity index (χ2n) is 4.70. The van der Waals surface area contributed by atoms with Crippen LogP contribution in [0.15, 0.2) is 43.0 Å². The first kappa shape index (κ1) is 14.1. The number of hydrogen-bond acceptors (Lipinski definition) is 3. The lowest BCUT2D eigenvalue weighted by molar-refractivity contribution is -0.120. The number of nitrogens with zero attached hydrogens (tertiary/aromatic N) is 2. The molecule has 0 fully saturated rings. The SMILES string of the molecule is O=C(Cc1cccc(O)c1)NCCCCn1ccnc1. The molecule has 0 spiro atoms. The van der Waals surface area contributed by atoms with Gasteiger partial charge in [-0.25, -0.2) is 4.98 Å². The van der Waals surface area contributed by atoms with Crippen molar-refractivity contribution in [1.82, 2.24) is 14.9 Å². The van der Waals surface area contributed by atoms with Gasteiger partial charge in [-0.05, 0) is 30.5 Å². The van der Waals surface area contributed by atoms with Crippen LogP contribution in [0, 0.1) is 0 Å². The summed E-state index contributed by atoms with van der Waals surface area (Å²) < 4.78 is 2.02. The summed E-state index contributed by atoms with van der Waals surface area (Å²) in [4.78, 5) is 15.7. The molecule has 2 N–H and O–H groups in total. The molecule has 0 saturated carbocycles. The molecule has 0 radical (unpaired) electrons. The number of imidazole rings is 1. The van der Waals surface area contributed by atoms with Crippen LogP contribution in [0.4, 0.5) is 0 Å². The van der Waals surface area contributed by atoms with Crippen LogP contribution in [0.1, 0.15) is 18.4 Å². The van der Waals surface area contributed by atoms with Gasteiger partial charge in [0.15, 0.2) is 0 Å². The highest BCUT2D eigenvalue weighted by Crippen LogP contribution is 2.11. The van der Waals surface area contributed by atoms with Crippen LogP contribution in [0.25, 0.3) is 0 Å². The molecular formula is C15H19N3O2. The molecule has 1 amide bonds. The predicted octanol–water partition coefficient (Wildman–Crippen LogP) is 1.73. The highest BCUT2D eigenvalue weighted by atomic mass is 16.3. The minimum atomic E-state index is -0.0155. The first-order valence-corrected chi connectivity index (χ1v) is 6.74. The molecule has 0 aliphatic rings. The molecule has 1 aromatic heterocycles. The molecule has 106 valence electrons. The van der Waals surface area contributed by atoms with Crippen molar-refractivity contribution in [3.05, 3.63) is 48.5 Å². The highest BCUT2D eigenvalue weighted by Gasteiger charge is 2.03. The molecule has 2 rings (SSSR count). The lowest BCUT2D eigenvalue weighted by Gasteiger charge is -2.06. The van der Waals surface area contributed by atoms with Crippen LogP contribution >= 0.6 is 0 Å². The van der Waals surface area contributed by atoms with Crippen molar-refractivity contribution in [3.8, 4) is 5.75 Å². The Kier molecular flexibility index (Phi) is 5.17. The number of hydrogen-bond donors (Lipinski definition) is 2. The zero-order valence-corrected chi connectivity index (χ0v) is 11.3. The average Bonchev–Trinajstić information content (AvgIpc) is 2.91. The number of phenolic OH excluding ortho intramolecular Hbond substituents is 1. The van der Waals surface area contributed by atoms with Gasteiger partial charge < -0.3 is 15.0 Å². The second-order valence-corrected chi connectivity index (χ2v) is 4.70. The third kappa shape index (κ3) is 4.76. The largest absolute Gasteiger partial charge is 0.508 e. The Morgan fingerprint density at radius 3 is 3.00 bits per heavy atom. The number of rotatable bonds is 7. The van der Waals surface area contributed by atoms with E-state index in [1.165, 1.54) is 0 Å². The molecule has 0 aliphatic carbocycles. The number of nitrogens with one attached hydrogen (secondary N) is 1. The summed E-state index contributed by atoms with van der Waals surface area (Å²) in [5.74, 6) is 0.175. The molecule has 0 atom stereocenters. The Morgan fingerprint density at radius 2 is 2.25 bits per heavy atom. The first-order chi connectivity index (χ1) is 9.74. The van der Waals surface area contributed by atoms with Gasteiger partial charge in [-0.15, -0.1) is 0 Å². The Labute approximate surface area is 118 Å². The summed E-state index contributed by atoms with van der Waals surface area (Å²) in [6, 6.07) is 6.78. The van der Waals surface area contributed by atoms with Crippen LogP contribution in [0.5, 0.6) is 5.75 Å². The molecule has 2 aromatic rings. The number of amides is 1. The van der Waals surface area contributed by atoms with Gasteiger partial charge in [0.25, 0.3) is 0 Å². The fourth-order valence-corrected chi connectivity index (χ4v) is 1.98. The quantitative estimate of drug-likeness (QED) is 0.755. The van der Waals surface area contributed by atoms with Gasteiger partial charge in [-0.1, -0.05) is 12.1 Å². The minimum absolute atomic E-state index is 0.0155. The molecule has 1 heterocycles. The molecule has 1 aromatic carbocycles. The maximum Gasteiger partial charge on any atom is 0.224 e. The molecule has 20 heavy (non-hydrogen) atoms. The summed E-state index contributed by atoms with van der Waals surface area (Å²) in [7, 11) is 0. The van der Waals surface area contributed by atoms with E-state index in [-0.39, 0.29) is 11.7 Å². The molecular weight excluding hydrogens is 254 g/mol. The average molecular weight is 273 g/mol. The van der Waals surface area contributed by atoms with Crippen molar-refractivity contribution in [2.24, 2.45) is 0 Å². The van der Waals surface area contributed by atoms with Gasteiger partial charge in [0.05, 0.1) is 12.7 Å². The zero-order valence-electron chi connectivity index (χ0n) is 11.3. The van der Waals surface area contributed by atoms with Gasteiger partial charge in [0.2, 0.25) is 5.91 Å². The fraction of sp³-hybridized carbons (Fsp3) is 0.333. The Balaban J connectivity index is 1.60. The van der Waals surface area contributed by atoms with Crippen molar-refractivity contribution >= 4 is 5.91 Å². The van der Waals surface area contributed by atoms with E-state index in [2.05, 4.69) is 10.3 Å².